The molecular weight excluding hydrogens is 344 g/mol. The van der Waals surface area contributed by atoms with Crippen molar-refractivity contribution in [1.29, 1.82) is 0 Å². The molecule has 1 aromatic carbocycles. The average Bonchev–Trinajstić information content (AvgIpc) is 2.53. The van der Waals surface area contributed by atoms with Crippen molar-refractivity contribution < 1.29 is 8.42 Å². The maximum atomic E-state index is 12.7. The molecule has 2 aliphatic carbocycles. The van der Waals surface area contributed by atoms with E-state index in [9.17, 15) is 8.42 Å². The van der Waals surface area contributed by atoms with E-state index < -0.39 is 10.0 Å². The first-order chi connectivity index (χ1) is 12.1. The van der Waals surface area contributed by atoms with Crippen molar-refractivity contribution in [2.75, 3.05) is 0 Å². The van der Waals surface area contributed by atoms with Gasteiger partial charge in [-0.05, 0) is 62.0 Å². The Balaban J connectivity index is 1.92. The topological polar surface area (TPSA) is 58.5 Å². The summed E-state index contributed by atoms with van der Waals surface area (Å²) < 4.78 is 25.3. The van der Waals surface area contributed by atoms with Crippen LogP contribution >= 0.6 is 0 Å². The molecule has 0 spiro atoms. The van der Waals surface area contributed by atoms with E-state index in [4.69, 9.17) is 0 Å². The fraction of sp³-hybridized carbons (Fsp3) is 0.667. The summed E-state index contributed by atoms with van der Waals surface area (Å²) in [7, 11) is -3.63. The van der Waals surface area contributed by atoms with E-state index in [-0.39, 0.29) is 15.7 Å². The first-order valence-electron chi connectivity index (χ1n) is 9.73. The van der Waals surface area contributed by atoms with Crippen molar-refractivity contribution >= 4 is 15.7 Å². The molecule has 0 amide bonds. The zero-order valence-corrected chi connectivity index (χ0v) is 17.5. The van der Waals surface area contributed by atoms with Crippen LogP contribution in [0.5, 0.6) is 0 Å². The third-order valence-electron chi connectivity index (χ3n) is 6.79. The molecule has 0 radical (unpaired) electrons. The van der Waals surface area contributed by atoms with Gasteiger partial charge in [-0.2, -0.15) is 13.5 Å². The summed E-state index contributed by atoms with van der Waals surface area (Å²) in [5, 5.41) is 4.54. The normalized spacial score (nSPS) is 32.9. The molecule has 0 saturated heterocycles. The van der Waals surface area contributed by atoms with Crippen molar-refractivity contribution in [1.82, 2.24) is 4.83 Å². The van der Waals surface area contributed by atoms with Crippen LogP contribution in [-0.2, 0) is 10.0 Å². The predicted octanol–water partition coefficient (Wildman–Crippen LogP) is 4.89. The fourth-order valence-electron chi connectivity index (χ4n) is 5.37. The van der Waals surface area contributed by atoms with Crippen LogP contribution in [0, 0.1) is 29.6 Å². The summed E-state index contributed by atoms with van der Waals surface area (Å²) in [6.07, 6.45) is 5.79. The monoisotopic (exact) mass is 376 g/mol. The van der Waals surface area contributed by atoms with Gasteiger partial charge in [0.25, 0.3) is 10.0 Å². The second-order valence-electron chi connectivity index (χ2n) is 9.20. The Morgan fingerprint density at radius 2 is 1.73 bits per heavy atom. The molecule has 144 valence electrons. The highest BCUT2D eigenvalue weighted by atomic mass is 32.2. The highest BCUT2D eigenvalue weighted by Gasteiger charge is 2.52. The standard InChI is InChI=1S/C21H32N2O2S/c1-15-7-10-17(11-8-15)26(24,25)23-22-19-16(2)9-12-18-20(3,4)13-6-14-21(18,19)5/h7-8,10-11,16,18,23H,6,9,12-14H2,1-5H3/b22-19+/t16-,18+,21+/m1/s1. The van der Waals surface area contributed by atoms with Crippen LogP contribution in [0.15, 0.2) is 34.3 Å². The number of hydrogen-bond acceptors (Lipinski definition) is 3. The van der Waals surface area contributed by atoms with Gasteiger partial charge in [0.15, 0.2) is 0 Å². The van der Waals surface area contributed by atoms with Gasteiger partial charge >= 0.3 is 0 Å². The first kappa shape index (κ1) is 19.4. The second-order valence-corrected chi connectivity index (χ2v) is 10.9. The number of nitrogens with zero attached hydrogens (tertiary/aromatic N) is 1. The number of fused-ring (bicyclic) bond motifs is 1. The molecule has 0 aliphatic heterocycles. The van der Waals surface area contributed by atoms with E-state index in [1.54, 1.807) is 12.1 Å². The smallest absolute Gasteiger partial charge is 0.200 e. The van der Waals surface area contributed by atoms with Crippen molar-refractivity contribution in [3.63, 3.8) is 0 Å². The molecule has 2 saturated carbocycles. The number of aryl methyl sites for hydroxylation is 1. The molecule has 26 heavy (non-hydrogen) atoms. The largest absolute Gasteiger partial charge is 0.276 e. The Morgan fingerprint density at radius 1 is 1.08 bits per heavy atom. The molecule has 2 fully saturated rings. The first-order valence-corrected chi connectivity index (χ1v) is 11.2. The van der Waals surface area contributed by atoms with Gasteiger partial charge in [-0.1, -0.05) is 51.8 Å². The van der Waals surface area contributed by atoms with E-state index in [0.717, 1.165) is 24.1 Å². The number of rotatable bonds is 3. The van der Waals surface area contributed by atoms with Crippen LogP contribution in [0.2, 0.25) is 0 Å². The number of hydrogen-bond donors (Lipinski definition) is 1. The molecule has 3 atom stereocenters. The molecule has 0 unspecified atom stereocenters. The molecule has 0 bridgehead atoms. The van der Waals surface area contributed by atoms with Crippen LogP contribution < -0.4 is 4.83 Å². The lowest BCUT2D eigenvalue weighted by Crippen LogP contribution is -2.52. The van der Waals surface area contributed by atoms with E-state index in [0.29, 0.717) is 11.8 Å². The number of benzene rings is 1. The lowest BCUT2D eigenvalue weighted by molar-refractivity contribution is 0.0229. The third-order valence-corrected chi connectivity index (χ3v) is 8.01. The Labute approximate surface area is 158 Å². The molecule has 0 heterocycles. The minimum atomic E-state index is -3.63. The van der Waals surface area contributed by atoms with Gasteiger partial charge in [0.1, 0.15) is 0 Å². The highest BCUT2D eigenvalue weighted by Crippen LogP contribution is 2.57. The Hall–Kier alpha value is -1.36. The van der Waals surface area contributed by atoms with Gasteiger partial charge in [0.05, 0.1) is 4.90 Å². The van der Waals surface area contributed by atoms with E-state index >= 15 is 0 Å². The quantitative estimate of drug-likeness (QED) is 0.763. The molecule has 4 nitrogen and oxygen atoms in total. The lowest BCUT2D eigenvalue weighted by atomic mass is 9.49. The fourth-order valence-corrected chi connectivity index (χ4v) is 6.19. The predicted molar refractivity (Wildman–Crippen MR) is 107 cm³/mol. The Bertz CT molecular complexity index is 796. The summed E-state index contributed by atoms with van der Waals surface area (Å²) in [5.41, 5.74) is 2.34. The van der Waals surface area contributed by atoms with Gasteiger partial charge in [-0.3, -0.25) is 0 Å². The van der Waals surface area contributed by atoms with Crippen LogP contribution in [-0.4, -0.2) is 14.1 Å². The molecule has 5 heteroatoms. The van der Waals surface area contributed by atoms with Crippen LogP contribution in [0.3, 0.4) is 0 Å². The number of nitrogens with one attached hydrogen (secondary N) is 1. The van der Waals surface area contributed by atoms with E-state index in [2.05, 4.69) is 37.6 Å². The summed E-state index contributed by atoms with van der Waals surface area (Å²) >= 11 is 0. The summed E-state index contributed by atoms with van der Waals surface area (Å²) in [6, 6.07) is 6.89. The number of sulfonamides is 1. The Kier molecular flexibility index (Phi) is 4.97. The maximum Gasteiger partial charge on any atom is 0.276 e. The van der Waals surface area contributed by atoms with Gasteiger partial charge in [0.2, 0.25) is 0 Å². The lowest BCUT2D eigenvalue weighted by Gasteiger charge is -2.55. The van der Waals surface area contributed by atoms with Gasteiger partial charge in [-0.15, -0.1) is 0 Å². The summed E-state index contributed by atoms with van der Waals surface area (Å²) in [4.78, 5) is 2.81. The molecule has 2 aliphatic rings. The molecule has 3 rings (SSSR count). The third kappa shape index (κ3) is 3.42. The second kappa shape index (κ2) is 6.66. The molecule has 0 aromatic heterocycles. The van der Waals surface area contributed by atoms with Gasteiger partial charge in [-0.25, -0.2) is 4.83 Å². The molecule has 1 N–H and O–H groups in total. The summed E-state index contributed by atoms with van der Waals surface area (Å²) in [5.74, 6) is 0.869. The highest BCUT2D eigenvalue weighted by molar-refractivity contribution is 7.89. The molecule has 1 aromatic rings. The Morgan fingerprint density at radius 3 is 2.38 bits per heavy atom. The zero-order valence-electron chi connectivity index (χ0n) is 16.7. The minimum Gasteiger partial charge on any atom is -0.200 e. The van der Waals surface area contributed by atoms with Crippen molar-refractivity contribution in [2.45, 2.75) is 71.6 Å². The van der Waals surface area contributed by atoms with Gasteiger partial charge < -0.3 is 0 Å². The van der Waals surface area contributed by atoms with Crippen molar-refractivity contribution in [2.24, 2.45) is 27.8 Å². The average molecular weight is 377 g/mol. The number of hydrazone groups is 1. The van der Waals surface area contributed by atoms with Gasteiger partial charge in [0, 0.05) is 11.1 Å². The van der Waals surface area contributed by atoms with Crippen molar-refractivity contribution in [3.8, 4) is 0 Å². The maximum absolute atomic E-state index is 12.7. The van der Waals surface area contributed by atoms with Crippen LogP contribution in [0.1, 0.15) is 65.4 Å². The SMILES string of the molecule is Cc1ccc(S(=O)(=O)N/N=C2\[C@H](C)CC[C@H]3C(C)(C)CCC[C@]23C)cc1. The minimum absolute atomic E-state index is 0.0186. The zero-order chi connectivity index (χ0) is 19.2. The summed E-state index contributed by atoms with van der Waals surface area (Å²) in [6.45, 7) is 11.1. The van der Waals surface area contributed by atoms with E-state index in [1.165, 1.54) is 19.3 Å². The van der Waals surface area contributed by atoms with Crippen LogP contribution in [0.25, 0.3) is 0 Å². The van der Waals surface area contributed by atoms with E-state index in [1.807, 2.05) is 19.1 Å². The molecular formula is C21H32N2O2S. The van der Waals surface area contributed by atoms with Crippen molar-refractivity contribution in [3.05, 3.63) is 29.8 Å². The van der Waals surface area contributed by atoms with Crippen LogP contribution in [0.4, 0.5) is 0 Å².